The molecular formula is C31H52O2. The summed E-state index contributed by atoms with van der Waals surface area (Å²) in [4.78, 5) is 12.5. The summed E-state index contributed by atoms with van der Waals surface area (Å²) in [7, 11) is 0. The number of hydrogen-bond acceptors (Lipinski definition) is 2. The van der Waals surface area contributed by atoms with Crippen molar-refractivity contribution in [1.29, 1.82) is 0 Å². The SMILES string of the molecule is C=CCCCCCCCCC(=O)OC(/C=C(\C)CCC=C(C)C)C/C=C(\C)CCC=C(C)C. The van der Waals surface area contributed by atoms with Crippen LogP contribution in [0.1, 0.15) is 125 Å². The lowest BCUT2D eigenvalue weighted by Gasteiger charge is -2.15. The number of carbonyl (C=O) groups is 1. The summed E-state index contributed by atoms with van der Waals surface area (Å²) in [6.45, 7) is 16.6. The molecule has 0 spiro atoms. The Morgan fingerprint density at radius 1 is 0.697 bits per heavy atom. The van der Waals surface area contributed by atoms with Gasteiger partial charge in [-0.05, 0) is 92.6 Å². The molecule has 0 aliphatic rings. The molecule has 0 aromatic rings. The second kappa shape index (κ2) is 20.8. The molecule has 0 N–H and O–H groups in total. The lowest BCUT2D eigenvalue weighted by atomic mass is 10.0. The summed E-state index contributed by atoms with van der Waals surface area (Å²) in [6, 6.07) is 0. The third-order valence-corrected chi connectivity index (χ3v) is 5.67. The van der Waals surface area contributed by atoms with E-state index in [1.54, 1.807) is 0 Å². The van der Waals surface area contributed by atoms with E-state index < -0.39 is 0 Å². The monoisotopic (exact) mass is 456 g/mol. The van der Waals surface area contributed by atoms with E-state index in [2.05, 4.69) is 72.4 Å². The second-order valence-corrected chi connectivity index (χ2v) is 9.92. The van der Waals surface area contributed by atoms with Gasteiger partial charge in [0.2, 0.25) is 0 Å². The van der Waals surface area contributed by atoms with E-state index in [1.807, 2.05) is 6.08 Å². The molecule has 0 saturated carbocycles. The Bertz CT molecular complexity index is 652. The van der Waals surface area contributed by atoms with Crippen LogP contribution in [0.25, 0.3) is 0 Å². The molecule has 1 atom stereocenters. The zero-order chi connectivity index (χ0) is 24.9. The Kier molecular flexibility index (Phi) is 19.6. The molecule has 0 aliphatic carbocycles. The summed E-state index contributed by atoms with van der Waals surface area (Å²) in [6.07, 6.45) is 24.3. The standard InChI is InChI=1S/C31H52O2/c1-8-9-10-11-12-13-14-15-22-31(32)33-30(25-29(7)21-17-19-27(4)5)24-23-28(6)20-16-18-26(2)3/h8,18-19,23,25,30H,1,9-17,20-22,24H2,2-7H3/b28-23+,29-25+. The molecule has 188 valence electrons. The summed E-state index contributed by atoms with van der Waals surface area (Å²) in [5.41, 5.74) is 5.36. The zero-order valence-corrected chi connectivity index (χ0v) is 22.7. The van der Waals surface area contributed by atoms with E-state index in [-0.39, 0.29) is 12.1 Å². The van der Waals surface area contributed by atoms with E-state index in [4.69, 9.17) is 4.74 Å². The molecule has 0 aromatic heterocycles. The van der Waals surface area contributed by atoms with Crippen LogP contribution in [-0.2, 0) is 9.53 Å². The summed E-state index contributed by atoms with van der Waals surface area (Å²) >= 11 is 0. The van der Waals surface area contributed by atoms with Crippen LogP contribution in [0.3, 0.4) is 0 Å². The molecular weight excluding hydrogens is 404 g/mol. The fourth-order valence-electron chi connectivity index (χ4n) is 3.64. The maximum atomic E-state index is 12.5. The first-order valence-corrected chi connectivity index (χ1v) is 13.1. The third-order valence-electron chi connectivity index (χ3n) is 5.67. The molecule has 0 rings (SSSR count). The van der Waals surface area contributed by atoms with Gasteiger partial charge in [-0.3, -0.25) is 4.79 Å². The normalized spacial score (nSPS) is 12.8. The van der Waals surface area contributed by atoms with Crippen LogP contribution < -0.4 is 0 Å². The highest BCUT2D eigenvalue weighted by Gasteiger charge is 2.12. The van der Waals surface area contributed by atoms with E-state index in [1.165, 1.54) is 48.0 Å². The minimum atomic E-state index is -0.165. The number of esters is 1. The van der Waals surface area contributed by atoms with Crippen LogP contribution in [0, 0.1) is 0 Å². The molecule has 0 saturated heterocycles. The lowest BCUT2D eigenvalue weighted by Crippen LogP contribution is -2.16. The molecule has 0 amide bonds. The Morgan fingerprint density at radius 2 is 1.24 bits per heavy atom. The van der Waals surface area contributed by atoms with Gasteiger partial charge in [-0.1, -0.05) is 72.3 Å². The number of rotatable bonds is 19. The van der Waals surface area contributed by atoms with E-state index in [0.29, 0.717) is 6.42 Å². The van der Waals surface area contributed by atoms with Gasteiger partial charge in [0.15, 0.2) is 0 Å². The largest absolute Gasteiger partial charge is 0.458 e. The number of unbranched alkanes of at least 4 members (excludes halogenated alkanes) is 6. The Labute approximate surface area is 206 Å². The van der Waals surface area contributed by atoms with Gasteiger partial charge in [0.05, 0.1) is 0 Å². The summed E-state index contributed by atoms with van der Waals surface area (Å²) < 4.78 is 5.90. The second-order valence-electron chi connectivity index (χ2n) is 9.92. The predicted octanol–water partition coefficient (Wildman–Crippen LogP) is 9.98. The Morgan fingerprint density at radius 3 is 1.82 bits per heavy atom. The first-order chi connectivity index (χ1) is 15.7. The van der Waals surface area contributed by atoms with Gasteiger partial charge in [-0.2, -0.15) is 0 Å². The number of allylic oxidation sites excluding steroid dienone is 7. The fraction of sp³-hybridized carbons (Fsp3) is 0.645. The number of ether oxygens (including phenoxy) is 1. The van der Waals surface area contributed by atoms with Crippen LogP contribution in [0.5, 0.6) is 0 Å². The van der Waals surface area contributed by atoms with Crippen molar-refractivity contribution in [3.8, 4) is 0 Å². The molecule has 33 heavy (non-hydrogen) atoms. The van der Waals surface area contributed by atoms with Gasteiger partial charge in [0.25, 0.3) is 0 Å². The quantitative estimate of drug-likeness (QED) is 0.110. The van der Waals surface area contributed by atoms with Crippen LogP contribution in [-0.4, -0.2) is 12.1 Å². The molecule has 1 unspecified atom stereocenters. The number of carbonyl (C=O) groups excluding carboxylic acids is 1. The summed E-state index contributed by atoms with van der Waals surface area (Å²) in [5, 5.41) is 0. The molecule has 2 nitrogen and oxygen atoms in total. The smallest absolute Gasteiger partial charge is 0.306 e. The van der Waals surface area contributed by atoms with Gasteiger partial charge >= 0.3 is 5.97 Å². The lowest BCUT2D eigenvalue weighted by molar-refractivity contribution is -0.146. The topological polar surface area (TPSA) is 26.3 Å². The van der Waals surface area contributed by atoms with Gasteiger partial charge in [-0.25, -0.2) is 0 Å². The third kappa shape index (κ3) is 21.8. The molecule has 0 fully saturated rings. The molecule has 0 heterocycles. The van der Waals surface area contributed by atoms with Crippen molar-refractivity contribution in [2.45, 2.75) is 131 Å². The maximum Gasteiger partial charge on any atom is 0.306 e. The van der Waals surface area contributed by atoms with Crippen molar-refractivity contribution >= 4 is 5.97 Å². The Balaban J connectivity index is 4.70. The molecule has 0 aromatic carbocycles. The van der Waals surface area contributed by atoms with Crippen molar-refractivity contribution in [2.24, 2.45) is 0 Å². The van der Waals surface area contributed by atoms with Crippen LogP contribution in [0.4, 0.5) is 0 Å². The Hall–Kier alpha value is -1.83. The maximum absolute atomic E-state index is 12.5. The van der Waals surface area contributed by atoms with Crippen LogP contribution >= 0.6 is 0 Å². The number of hydrogen-bond donors (Lipinski definition) is 0. The first kappa shape index (κ1) is 31.2. The van der Waals surface area contributed by atoms with Crippen LogP contribution in [0.2, 0.25) is 0 Å². The summed E-state index contributed by atoms with van der Waals surface area (Å²) in [5.74, 6) is -0.0596. The molecule has 0 radical (unpaired) electrons. The first-order valence-electron chi connectivity index (χ1n) is 13.1. The minimum absolute atomic E-state index is 0.0596. The van der Waals surface area contributed by atoms with Gasteiger partial charge in [0.1, 0.15) is 6.10 Å². The van der Waals surface area contributed by atoms with Crippen molar-refractivity contribution in [2.75, 3.05) is 0 Å². The highest BCUT2D eigenvalue weighted by atomic mass is 16.5. The van der Waals surface area contributed by atoms with Crippen molar-refractivity contribution < 1.29 is 9.53 Å². The van der Waals surface area contributed by atoms with Gasteiger partial charge in [0, 0.05) is 12.8 Å². The average molecular weight is 457 g/mol. The zero-order valence-electron chi connectivity index (χ0n) is 22.7. The van der Waals surface area contributed by atoms with Gasteiger partial charge < -0.3 is 4.74 Å². The molecule has 2 heteroatoms. The average Bonchev–Trinajstić information content (AvgIpc) is 2.73. The fourth-order valence-corrected chi connectivity index (χ4v) is 3.64. The van der Waals surface area contributed by atoms with E-state index in [0.717, 1.165) is 51.4 Å². The van der Waals surface area contributed by atoms with Gasteiger partial charge in [-0.15, -0.1) is 6.58 Å². The highest BCUT2D eigenvalue weighted by Crippen LogP contribution is 2.16. The molecule has 0 bridgehead atoms. The van der Waals surface area contributed by atoms with Crippen molar-refractivity contribution in [3.05, 3.63) is 59.3 Å². The molecule has 0 aliphatic heterocycles. The minimum Gasteiger partial charge on any atom is -0.458 e. The van der Waals surface area contributed by atoms with Crippen molar-refractivity contribution in [3.63, 3.8) is 0 Å². The predicted molar refractivity (Wildman–Crippen MR) is 146 cm³/mol. The van der Waals surface area contributed by atoms with E-state index >= 15 is 0 Å². The van der Waals surface area contributed by atoms with Crippen molar-refractivity contribution in [1.82, 2.24) is 0 Å². The van der Waals surface area contributed by atoms with Crippen LogP contribution in [0.15, 0.2) is 59.3 Å². The highest BCUT2D eigenvalue weighted by molar-refractivity contribution is 5.69. The van der Waals surface area contributed by atoms with E-state index in [9.17, 15) is 4.79 Å².